The number of carboxylic acid groups (broad SMARTS) is 1. The van der Waals surface area contributed by atoms with Crippen LogP contribution in [0.25, 0.3) is 0 Å². The summed E-state index contributed by atoms with van der Waals surface area (Å²) in [5.74, 6) is -0.0848. The summed E-state index contributed by atoms with van der Waals surface area (Å²) in [4.78, 5) is 11.9. The Morgan fingerprint density at radius 3 is 2.00 bits per heavy atom. The highest BCUT2D eigenvalue weighted by molar-refractivity contribution is 5.75. The third kappa shape index (κ3) is 3.19. The van der Waals surface area contributed by atoms with E-state index in [1.54, 1.807) is 0 Å². The predicted octanol–water partition coefficient (Wildman–Crippen LogP) is 3.99. The Labute approximate surface area is 122 Å². The monoisotopic (exact) mass is 282 g/mol. The van der Waals surface area contributed by atoms with Gasteiger partial charge in [0.1, 0.15) is 0 Å². The average molecular weight is 282 g/mol. The molecule has 2 aliphatic rings. The Morgan fingerprint density at radius 2 is 1.60 bits per heavy atom. The van der Waals surface area contributed by atoms with E-state index in [1.165, 1.54) is 0 Å². The van der Waals surface area contributed by atoms with Gasteiger partial charge in [0.2, 0.25) is 0 Å². The fraction of sp³-hybridized carbons (Fsp3) is 0.941. The minimum atomic E-state index is -0.715. The summed E-state index contributed by atoms with van der Waals surface area (Å²) in [5.41, 5.74) is -1.14. The molecule has 2 N–H and O–H groups in total. The fourth-order valence-electron chi connectivity index (χ4n) is 4.34. The highest BCUT2D eigenvalue weighted by Gasteiger charge is 2.49. The van der Waals surface area contributed by atoms with Crippen LogP contribution >= 0.6 is 0 Å². The molecule has 2 fully saturated rings. The van der Waals surface area contributed by atoms with Crippen molar-refractivity contribution in [3.05, 3.63) is 0 Å². The van der Waals surface area contributed by atoms with E-state index in [1.807, 2.05) is 0 Å². The zero-order chi connectivity index (χ0) is 15.0. The second-order valence-electron chi connectivity index (χ2n) is 8.33. The lowest BCUT2D eigenvalue weighted by Crippen LogP contribution is -2.44. The van der Waals surface area contributed by atoms with Crippen LogP contribution in [0.5, 0.6) is 0 Å². The lowest BCUT2D eigenvalue weighted by molar-refractivity contribution is -0.158. The van der Waals surface area contributed by atoms with E-state index in [9.17, 15) is 15.0 Å². The second-order valence-corrected chi connectivity index (χ2v) is 8.33. The molecule has 2 rings (SSSR count). The molecule has 3 nitrogen and oxygen atoms in total. The Balaban J connectivity index is 2.07. The van der Waals surface area contributed by atoms with Crippen LogP contribution in [0.15, 0.2) is 0 Å². The molecule has 0 aliphatic heterocycles. The van der Waals surface area contributed by atoms with Crippen molar-refractivity contribution >= 4 is 5.97 Å². The first-order valence-electron chi connectivity index (χ1n) is 8.13. The number of hydrogen-bond donors (Lipinski definition) is 2. The standard InChI is InChI=1S/C17H30O3/c1-15(2,3)13-6-10-16(11-7-13,14(18)19)12-17(20)8-4-5-9-17/h13,20H,4-12H2,1-3H3,(H,18,19). The first-order chi connectivity index (χ1) is 9.17. The molecule has 0 aromatic heterocycles. The predicted molar refractivity (Wildman–Crippen MR) is 79.5 cm³/mol. The van der Waals surface area contributed by atoms with Gasteiger partial charge in [0.15, 0.2) is 0 Å². The SMILES string of the molecule is CC(C)(C)C1CCC(CC2(O)CCCC2)(C(=O)O)CC1. The Bertz CT molecular complexity index is 353. The number of carbonyl (C=O) groups is 1. The first-order valence-corrected chi connectivity index (χ1v) is 8.13. The first kappa shape index (κ1) is 15.8. The third-order valence-electron chi connectivity index (χ3n) is 5.82. The zero-order valence-electron chi connectivity index (χ0n) is 13.2. The van der Waals surface area contributed by atoms with E-state index >= 15 is 0 Å². The lowest BCUT2D eigenvalue weighted by atomic mass is 9.61. The van der Waals surface area contributed by atoms with Crippen molar-refractivity contribution < 1.29 is 15.0 Å². The molecule has 20 heavy (non-hydrogen) atoms. The number of hydrogen-bond acceptors (Lipinski definition) is 2. The molecule has 2 saturated carbocycles. The molecule has 0 bridgehead atoms. The van der Waals surface area contributed by atoms with Gasteiger partial charge in [-0.05, 0) is 56.3 Å². The molecule has 116 valence electrons. The molecule has 2 aliphatic carbocycles. The molecule has 0 spiro atoms. The van der Waals surface area contributed by atoms with Crippen LogP contribution < -0.4 is 0 Å². The summed E-state index contributed by atoms with van der Waals surface area (Å²) < 4.78 is 0. The number of carboxylic acids is 1. The van der Waals surface area contributed by atoms with Gasteiger partial charge in [-0.15, -0.1) is 0 Å². The third-order valence-corrected chi connectivity index (χ3v) is 5.82. The molecule has 0 aromatic rings. The summed E-state index contributed by atoms with van der Waals surface area (Å²) in [7, 11) is 0. The average Bonchev–Trinajstić information content (AvgIpc) is 2.75. The molecule has 3 heteroatoms. The maximum Gasteiger partial charge on any atom is 0.309 e. The summed E-state index contributed by atoms with van der Waals surface area (Å²) in [6.45, 7) is 6.74. The quantitative estimate of drug-likeness (QED) is 0.823. The van der Waals surface area contributed by atoms with Gasteiger partial charge in [0.25, 0.3) is 0 Å². The van der Waals surface area contributed by atoms with E-state index in [0.717, 1.165) is 51.4 Å². The number of aliphatic carboxylic acids is 1. The zero-order valence-corrected chi connectivity index (χ0v) is 13.2. The van der Waals surface area contributed by atoms with Gasteiger partial charge in [-0.1, -0.05) is 33.6 Å². The molecule has 0 atom stereocenters. The van der Waals surface area contributed by atoms with Crippen molar-refractivity contribution in [2.75, 3.05) is 0 Å². The van der Waals surface area contributed by atoms with Crippen molar-refractivity contribution in [3.8, 4) is 0 Å². The van der Waals surface area contributed by atoms with E-state index in [-0.39, 0.29) is 5.41 Å². The summed E-state index contributed by atoms with van der Waals surface area (Å²) in [5, 5.41) is 20.4. The van der Waals surface area contributed by atoms with E-state index in [0.29, 0.717) is 12.3 Å². The number of rotatable bonds is 3. The Hall–Kier alpha value is -0.570. The fourth-order valence-corrected chi connectivity index (χ4v) is 4.34. The maximum absolute atomic E-state index is 11.9. The smallest absolute Gasteiger partial charge is 0.309 e. The van der Waals surface area contributed by atoms with E-state index < -0.39 is 17.0 Å². The molecule has 0 heterocycles. The van der Waals surface area contributed by atoms with Crippen LogP contribution in [0, 0.1) is 16.7 Å². The summed E-state index contributed by atoms with van der Waals surface area (Å²) in [6, 6.07) is 0. The Kier molecular flexibility index (Phi) is 4.21. The maximum atomic E-state index is 11.9. The highest BCUT2D eigenvalue weighted by atomic mass is 16.4. The lowest BCUT2D eigenvalue weighted by Gasteiger charge is -2.44. The van der Waals surface area contributed by atoms with Gasteiger partial charge in [-0.2, -0.15) is 0 Å². The molecule has 0 amide bonds. The minimum Gasteiger partial charge on any atom is -0.481 e. The molecule has 0 saturated heterocycles. The molecular weight excluding hydrogens is 252 g/mol. The van der Waals surface area contributed by atoms with Gasteiger partial charge in [0.05, 0.1) is 11.0 Å². The van der Waals surface area contributed by atoms with Crippen LogP contribution in [-0.2, 0) is 4.79 Å². The van der Waals surface area contributed by atoms with Crippen molar-refractivity contribution in [2.45, 2.75) is 84.2 Å². The second kappa shape index (κ2) is 5.32. The van der Waals surface area contributed by atoms with E-state index in [4.69, 9.17) is 0 Å². The molecular formula is C17H30O3. The van der Waals surface area contributed by atoms with Crippen LogP contribution in [0.2, 0.25) is 0 Å². The highest BCUT2D eigenvalue weighted by Crippen LogP contribution is 2.51. The van der Waals surface area contributed by atoms with Crippen molar-refractivity contribution in [2.24, 2.45) is 16.7 Å². The molecule has 0 aromatic carbocycles. The topological polar surface area (TPSA) is 57.5 Å². The van der Waals surface area contributed by atoms with E-state index in [2.05, 4.69) is 20.8 Å². The van der Waals surface area contributed by atoms with Gasteiger partial charge < -0.3 is 10.2 Å². The molecule has 0 unspecified atom stereocenters. The Morgan fingerprint density at radius 1 is 1.10 bits per heavy atom. The van der Waals surface area contributed by atoms with Gasteiger partial charge in [0, 0.05) is 0 Å². The van der Waals surface area contributed by atoms with Crippen LogP contribution in [0.3, 0.4) is 0 Å². The molecule has 0 radical (unpaired) electrons. The summed E-state index contributed by atoms with van der Waals surface area (Å²) >= 11 is 0. The number of aliphatic hydroxyl groups is 1. The minimum absolute atomic E-state index is 0.259. The van der Waals surface area contributed by atoms with Crippen molar-refractivity contribution in [3.63, 3.8) is 0 Å². The summed E-state index contributed by atoms with van der Waals surface area (Å²) in [6.07, 6.45) is 7.52. The largest absolute Gasteiger partial charge is 0.481 e. The normalized spacial score (nSPS) is 34.1. The van der Waals surface area contributed by atoms with Gasteiger partial charge in [-0.25, -0.2) is 0 Å². The van der Waals surface area contributed by atoms with Gasteiger partial charge in [-0.3, -0.25) is 4.79 Å². The van der Waals surface area contributed by atoms with Crippen molar-refractivity contribution in [1.29, 1.82) is 0 Å². The van der Waals surface area contributed by atoms with Crippen LogP contribution in [-0.4, -0.2) is 21.8 Å². The van der Waals surface area contributed by atoms with Crippen LogP contribution in [0.4, 0.5) is 0 Å². The van der Waals surface area contributed by atoms with Crippen molar-refractivity contribution in [1.82, 2.24) is 0 Å². The van der Waals surface area contributed by atoms with Crippen LogP contribution in [0.1, 0.15) is 78.6 Å². The van der Waals surface area contributed by atoms with Gasteiger partial charge >= 0.3 is 5.97 Å².